The number of rotatable bonds is 10. The molecule has 358 valence electrons. The Kier molecular flexibility index (Phi) is 31.8. The number of benzene rings is 8. The molecule has 0 bridgehead atoms. The minimum absolute atomic E-state index is 0.346. The van der Waals surface area contributed by atoms with Gasteiger partial charge in [-0.2, -0.15) is 0 Å². The average Bonchev–Trinajstić information content (AvgIpc) is 3.42. The molecule has 0 aliphatic rings. The molecule has 0 saturated heterocycles. The van der Waals surface area contributed by atoms with E-state index < -0.39 is 29.3 Å². The number of hydrogen-bond donors (Lipinski definition) is 2. The van der Waals surface area contributed by atoms with E-state index in [0.717, 1.165) is 23.0 Å². The number of nitrogens with zero attached hydrogens (tertiary/aromatic N) is 2. The summed E-state index contributed by atoms with van der Waals surface area (Å²) in [4.78, 5) is 0. The Morgan fingerprint density at radius 3 is 0.686 bits per heavy atom. The van der Waals surface area contributed by atoms with Gasteiger partial charge in [0, 0.05) is 11.4 Å². The van der Waals surface area contributed by atoms with Crippen molar-refractivity contribution in [3.8, 4) is 0 Å². The van der Waals surface area contributed by atoms with E-state index in [9.17, 15) is 0 Å². The first kappa shape index (κ1) is 59.8. The van der Waals surface area contributed by atoms with Gasteiger partial charge in [-0.05, 0) is 50.2 Å². The van der Waals surface area contributed by atoms with Crippen LogP contribution in [0.25, 0.3) is 0 Å². The Hall–Kier alpha value is -4.56. The van der Waals surface area contributed by atoms with Gasteiger partial charge in [-0.25, -0.2) is 0 Å². The summed E-state index contributed by atoms with van der Waals surface area (Å²) in [5.41, 5.74) is 4.46. The van der Waals surface area contributed by atoms with Crippen molar-refractivity contribution in [1.82, 2.24) is 10.2 Å². The third kappa shape index (κ3) is 22.2. The topological polar surface area (TPSA) is 89.6 Å². The standard InChI is InChI=1S/2C18H15As.C18H18N4.2CO.4ClH.2Ru/c2*1-4-10-16(11-5-1)19(17-12-6-2-7-13-17)18-14-8-3-9-15-18;1-13-3-7-15(8-4-13)19-17-11-12-18(22-21-17)20-16-9-5-14(2)6-10-16;2*1-2;;;;;;/h2*1-15H;3-12H,1-2H3,(H,19,21)(H,20,22);;;4*1H;;/q;;;;;;;;;2*+2/p-4. The van der Waals surface area contributed by atoms with Gasteiger partial charge >= 0.3 is 329 Å². The van der Waals surface area contributed by atoms with Crippen molar-refractivity contribution in [2.24, 2.45) is 0 Å². The molecule has 0 aliphatic carbocycles. The summed E-state index contributed by atoms with van der Waals surface area (Å²) in [7, 11) is 19.4. The fourth-order valence-corrected chi connectivity index (χ4v) is 16.1. The monoisotopic (exact) mass is 1300 g/mol. The number of anilines is 4. The molecule has 0 atom stereocenters. The number of hydrogen-bond acceptors (Lipinski definition) is 4. The van der Waals surface area contributed by atoms with E-state index in [1.165, 1.54) is 37.2 Å². The zero-order chi connectivity index (χ0) is 50.6. The summed E-state index contributed by atoms with van der Waals surface area (Å²) in [5, 5.41) is 14.8. The molecule has 14 heteroatoms. The maximum absolute atomic E-state index is 7.50. The Morgan fingerprint density at radius 2 is 0.514 bits per heavy atom. The number of nitrogens with one attached hydrogen (secondary N) is 2. The van der Waals surface area contributed by atoms with E-state index in [-0.39, 0.29) is 30.3 Å². The van der Waals surface area contributed by atoms with Crippen LogP contribution < -0.4 is 36.7 Å². The second kappa shape index (κ2) is 37.3. The van der Waals surface area contributed by atoms with Crippen molar-refractivity contribution in [2.45, 2.75) is 13.8 Å². The van der Waals surface area contributed by atoms with Crippen LogP contribution in [0.15, 0.2) is 243 Å². The molecule has 0 unspecified atom stereocenters. The van der Waals surface area contributed by atoms with E-state index in [2.05, 4.69) is 254 Å². The van der Waals surface area contributed by atoms with Gasteiger partial charge in [-0.15, -0.1) is 10.2 Å². The van der Waals surface area contributed by atoms with Crippen molar-refractivity contribution in [3.63, 3.8) is 0 Å². The summed E-state index contributed by atoms with van der Waals surface area (Å²) in [6.45, 7) is 13.1. The Morgan fingerprint density at radius 1 is 0.329 bits per heavy atom. The zero-order valence-corrected chi connectivity index (χ0v) is 48.2. The number of halogens is 4. The van der Waals surface area contributed by atoms with Crippen LogP contribution in [0.5, 0.6) is 0 Å². The quantitative estimate of drug-likeness (QED) is 0.0811. The summed E-state index contributed by atoms with van der Waals surface area (Å²) >= 11 is -3.47. The molecule has 0 amide bonds. The molecular weight excluding hydrogens is 1250 g/mol. The van der Waals surface area contributed by atoms with E-state index in [0.29, 0.717) is 0 Å². The summed E-state index contributed by atoms with van der Waals surface area (Å²) < 4.78 is 23.9. The van der Waals surface area contributed by atoms with Gasteiger partial charge in [0.2, 0.25) is 0 Å². The predicted octanol–water partition coefficient (Wildman–Crippen LogP) is 11.7. The molecule has 9 aromatic rings. The van der Waals surface area contributed by atoms with Gasteiger partial charge in [-0.3, -0.25) is 0 Å². The first-order valence-corrected chi connectivity index (χ1v) is 35.5. The van der Waals surface area contributed by atoms with Gasteiger partial charge < -0.3 is 10.6 Å². The van der Waals surface area contributed by atoms with E-state index in [4.69, 9.17) is 48.1 Å². The fraction of sp³-hybridized carbons (Fsp3) is 0.0357. The Labute approximate surface area is 453 Å². The normalized spacial score (nSPS) is 9.66. The van der Waals surface area contributed by atoms with Crippen molar-refractivity contribution in [3.05, 3.63) is 267 Å². The molecule has 6 nitrogen and oxygen atoms in total. The van der Waals surface area contributed by atoms with Gasteiger partial charge in [0.25, 0.3) is 0 Å². The third-order valence-corrected chi connectivity index (χ3v) is 19.7. The second-order valence-electron chi connectivity index (χ2n) is 14.1. The van der Waals surface area contributed by atoms with Gasteiger partial charge in [-0.1, -0.05) is 35.4 Å². The third-order valence-electron chi connectivity index (χ3n) is 9.40. The van der Waals surface area contributed by atoms with Crippen LogP contribution in [0.4, 0.5) is 23.0 Å². The number of aryl methyl sites for hydroxylation is 2. The van der Waals surface area contributed by atoms with Crippen LogP contribution in [0, 0.1) is 27.1 Å². The fourth-order valence-electron chi connectivity index (χ4n) is 6.39. The Bertz CT molecular complexity index is 2360. The van der Waals surface area contributed by atoms with E-state index in [1.807, 2.05) is 36.4 Å². The minimum atomic E-state index is -1.39. The zero-order valence-electron chi connectivity index (χ0n) is 37.9. The second-order valence-corrected chi connectivity index (χ2v) is 28.7. The van der Waals surface area contributed by atoms with E-state index in [1.54, 1.807) is 0 Å². The molecule has 70 heavy (non-hydrogen) atoms. The van der Waals surface area contributed by atoms with Crippen molar-refractivity contribution in [2.75, 3.05) is 10.6 Å². The molecule has 2 N–H and O–H groups in total. The Balaban J connectivity index is 0.000000254. The molecule has 0 saturated carbocycles. The van der Waals surface area contributed by atoms with Crippen LogP contribution in [0.3, 0.4) is 0 Å². The molecule has 1 heterocycles. The van der Waals surface area contributed by atoms with Gasteiger partial charge in [0.15, 0.2) is 11.6 Å². The van der Waals surface area contributed by atoms with Crippen LogP contribution in [-0.2, 0) is 39.6 Å². The SMILES string of the molecule is Cc1ccc(Nc2ccc(Nc3ccc(C)cc3)nn2)cc1.[C-]#[O+].[C-]#[O+].[Cl][Ru][Cl].[Cl][Ru][Cl].c1ccc([As](c2ccccc2)c2ccccc2)cc1.c1ccc([As](c2ccccc2)c2ccccc2)cc1. The molecule has 0 aliphatic heterocycles. The van der Waals surface area contributed by atoms with Crippen LogP contribution in [-0.4, -0.2) is 39.5 Å². The number of aromatic nitrogens is 2. The van der Waals surface area contributed by atoms with Gasteiger partial charge in [0.05, 0.1) is 0 Å². The van der Waals surface area contributed by atoms with Crippen molar-refractivity contribution >= 4 is 117 Å². The van der Waals surface area contributed by atoms with E-state index >= 15 is 0 Å². The summed E-state index contributed by atoms with van der Waals surface area (Å²) in [5.74, 6) is 1.44. The first-order valence-electron chi connectivity index (χ1n) is 20.9. The molecule has 8 aromatic carbocycles. The van der Waals surface area contributed by atoms with Crippen molar-refractivity contribution in [1.29, 1.82) is 0 Å². The molecule has 0 radical (unpaired) electrons. The average molecular weight is 1300 g/mol. The van der Waals surface area contributed by atoms with Crippen LogP contribution in [0.2, 0.25) is 0 Å². The molecule has 9 rings (SSSR count). The molecular formula is C56H48As2Cl4N4O2Ru2. The molecule has 0 fully saturated rings. The van der Waals surface area contributed by atoms with Crippen molar-refractivity contribution < 1.29 is 39.6 Å². The first-order chi connectivity index (χ1) is 34.4. The van der Waals surface area contributed by atoms with Gasteiger partial charge in [0.1, 0.15) is 0 Å². The summed E-state index contributed by atoms with van der Waals surface area (Å²) in [6.07, 6.45) is 0. The predicted molar refractivity (Wildman–Crippen MR) is 290 cm³/mol. The van der Waals surface area contributed by atoms with Crippen LogP contribution >= 0.6 is 38.8 Å². The molecule has 0 spiro atoms. The van der Waals surface area contributed by atoms with Crippen LogP contribution in [0.1, 0.15) is 11.1 Å². The maximum atomic E-state index is 7.50. The molecule has 1 aromatic heterocycles. The summed E-state index contributed by atoms with van der Waals surface area (Å²) in [6, 6.07) is 85.5.